The van der Waals surface area contributed by atoms with Crippen molar-refractivity contribution in [2.45, 2.75) is 19.8 Å². The van der Waals surface area contributed by atoms with E-state index in [0.717, 1.165) is 40.0 Å². The Bertz CT molecular complexity index is 1050. The molecule has 0 bridgehead atoms. The number of hydrogen-bond donors (Lipinski definition) is 2. The summed E-state index contributed by atoms with van der Waals surface area (Å²) in [6.45, 7) is 3.36. The van der Waals surface area contributed by atoms with Crippen molar-refractivity contribution in [3.63, 3.8) is 0 Å². The summed E-state index contributed by atoms with van der Waals surface area (Å²) in [5.41, 5.74) is 4.20. The van der Waals surface area contributed by atoms with Crippen LogP contribution in [0.15, 0.2) is 46.9 Å². The summed E-state index contributed by atoms with van der Waals surface area (Å²) in [6, 6.07) is 4.00. The number of fused-ring (bicyclic) bond motifs is 1. The molecule has 0 amide bonds. The van der Waals surface area contributed by atoms with Crippen LogP contribution in [0.5, 0.6) is 5.75 Å². The van der Waals surface area contributed by atoms with E-state index in [4.69, 9.17) is 9.47 Å². The van der Waals surface area contributed by atoms with E-state index in [1.807, 2.05) is 32.3 Å². The van der Waals surface area contributed by atoms with Crippen LogP contribution in [0.1, 0.15) is 24.5 Å². The Balaban J connectivity index is 2.11. The lowest BCUT2D eigenvalue weighted by molar-refractivity contribution is -0.132. The topological polar surface area (TPSA) is 106 Å². The molecular formula is C23H27N3O5. The van der Waals surface area contributed by atoms with E-state index in [1.54, 1.807) is 18.0 Å². The maximum Gasteiger partial charge on any atom is 0.341 e. The second kappa shape index (κ2) is 10.1. The molecule has 0 aliphatic carbocycles. The molecule has 2 aromatic rings. The first kappa shape index (κ1) is 22.3. The number of aromatic nitrogens is 2. The highest BCUT2D eigenvalue weighted by atomic mass is 16.5. The quantitative estimate of drug-likeness (QED) is 0.659. The van der Waals surface area contributed by atoms with E-state index in [2.05, 4.69) is 10.1 Å². The van der Waals surface area contributed by atoms with E-state index >= 15 is 0 Å². The number of aryl methyl sites for hydroxylation is 1. The van der Waals surface area contributed by atoms with E-state index < -0.39 is 5.97 Å². The highest BCUT2D eigenvalue weighted by Crippen LogP contribution is 2.36. The van der Waals surface area contributed by atoms with Gasteiger partial charge in [0.1, 0.15) is 17.1 Å². The number of benzene rings is 1. The van der Waals surface area contributed by atoms with E-state index in [0.29, 0.717) is 26.2 Å². The monoisotopic (exact) mass is 425 g/mol. The molecule has 31 heavy (non-hydrogen) atoms. The standard InChI is InChI=1S/C23H27N3O5/c1-15-9-21(27)20(23(28)29)13-24-6-5-16-10-22(31-8-4-7-30-3)19(11-18(15)16)17-12-25-26(2)14-17/h9-14,27H,4-8H2,1-3H3,(H,28,29)/b15-9+,21-20?,24-13?. The van der Waals surface area contributed by atoms with Gasteiger partial charge in [0.05, 0.1) is 12.8 Å². The Labute approximate surface area is 181 Å². The number of aliphatic carboxylic acids is 1. The molecule has 0 radical (unpaired) electrons. The van der Waals surface area contributed by atoms with Gasteiger partial charge in [-0.3, -0.25) is 9.67 Å². The number of methoxy groups -OCH3 is 1. The van der Waals surface area contributed by atoms with Crippen molar-refractivity contribution in [1.82, 2.24) is 9.78 Å². The van der Waals surface area contributed by atoms with E-state index in [-0.39, 0.29) is 11.3 Å². The number of carboxylic acid groups (broad SMARTS) is 1. The summed E-state index contributed by atoms with van der Waals surface area (Å²) in [4.78, 5) is 15.6. The largest absolute Gasteiger partial charge is 0.507 e. The van der Waals surface area contributed by atoms with Crippen molar-refractivity contribution in [3.05, 3.63) is 53.1 Å². The fourth-order valence-corrected chi connectivity index (χ4v) is 3.42. The third-order valence-corrected chi connectivity index (χ3v) is 4.99. The van der Waals surface area contributed by atoms with Gasteiger partial charge >= 0.3 is 5.97 Å². The van der Waals surface area contributed by atoms with Crippen molar-refractivity contribution in [2.75, 3.05) is 26.9 Å². The summed E-state index contributed by atoms with van der Waals surface area (Å²) < 4.78 is 12.9. The van der Waals surface area contributed by atoms with E-state index in [1.165, 1.54) is 12.3 Å². The molecule has 0 atom stereocenters. The molecular weight excluding hydrogens is 398 g/mol. The first-order valence-corrected chi connectivity index (χ1v) is 10.0. The maximum absolute atomic E-state index is 11.4. The molecule has 2 heterocycles. The summed E-state index contributed by atoms with van der Waals surface area (Å²) in [7, 11) is 3.51. The number of aliphatic hydroxyl groups excluding tert-OH is 1. The van der Waals surface area contributed by atoms with Crippen LogP contribution < -0.4 is 4.74 Å². The van der Waals surface area contributed by atoms with Crippen molar-refractivity contribution in [2.24, 2.45) is 12.0 Å². The van der Waals surface area contributed by atoms with Gasteiger partial charge in [0.2, 0.25) is 0 Å². The van der Waals surface area contributed by atoms with Crippen LogP contribution in [-0.2, 0) is 23.0 Å². The minimum atomic E-state index is -1.22. The third-order valence-electron chi connectivity index (χ3n) is 4.99. The Morgan fingerprint density at radius 1 is 1.26 bits per heavy atom. The molecule has 0 unspecified atom stereocenters. The predicted molar refractivity (Wildman–Crippen MR) is 119 cm³/mol. The number of hydrogen-bond acceptors (Lipinski definition) is 6. The second-order valence-electron chi connectivity index (χ2n) is 7.32. The van der Waals surface area contributed by atoms with Gasteiger partial charge in [-0.1, -0.05) is 0 Å². The van der Waals surface area contributed by atoms with Crippen molar-refractivity contribution in [3.8, 4) is 16.9 Å². The number of allylic oxidation sites excluding steroid dienone is 2. The Kier molecular flexibility index (Phi) is 7.25. The van der Waals surface area contributed by atoms with E-state index in [9.17, 15) is 15.0 Å². The molecule has 0 spiro atoms. The van der Waals surface area contributed by atoms with Crippen molar-refractivity contribution in [1.29, 1.82) is 0 Å². The van der Waals surface area contributed by atoms with Gasteiger partial charge in [-0.05, 0) is 48.3 Å². The summed E-state index contributed by atoms with van der Waals surface area (Å²) in [6.07, 6.45) is 7.72. The summed E-state index contributed by atoms with van der Waals surface area (Å²) >= 11 is 0. The molecule has 1 aliphatic rings. The lowest BCUT2D eigenvalue weighted by atomic mass is 9.92. The van der Waals surface area contributed by atoms with Crippen LogP contribution in [0.2, 0.25) is 0 Å². The fourth-order valence-electron chi connectivity index (χ4n) is 3.42. The van der Waals surface area contributed by atoms with Crippen LogP contribution in [0, 0.1) is 0 Å². The molecule has 3 rings (SSSR count). The molecule has 8 heteroatoms. The van der Waals surface area contributed by atoms with Gasteiger partial charge < -0.3 is 19.7 Å². The highest BCUT2D eigenvalue weighted by Gasteiger charge is 2.17. The highest BCUT2D eigenvalue weighted by molar-refractivity contribution is 6.09. The first-order chi connectivity index (χ1) is 14.9. The van der Waals surface area contributed by atoms with Gasteiger partial charge in [0.25, 0.3) is 0 Å². The maximum atomic E-state index is 11.4. The second-order valence-corrected chi connectivity index (χ2v) is 7.32. The number of ether oxygens (including phenoxy) is 2. The minimum Gasteiger partial charge on any atom is -0.507 e. The number of aliphatic imine (C=N–C) groups is 1. The molecule has 2 N–H and O–H groups in total. The Hall–Kier alpha value is -3.39. The van der Waals surface area contributed by atoms with Gasteiger partial charge in [-0.2, -0.15) is 5.10 Å². The lowest BCUT2D eigenvalue weighted by Crippen LogP contribution is -2.08. The van der Waals surface area contributed by atoms with Crippen molar-refractivity contribution >= 4 is 17.8 Å². The third kappa shape index (κ3) is 5.40. The Morgan fingerprint density at radius 3 is 2.74 bits per heavy atom. The lowest BCUT2D eigenvalue weighted by Gasteiger charge is -2.18. The van der Waals surface area contributed by atoms with Crippen LogP contribution in [0.4, 0.5) is 0 Å². The zero-order valence-corrected chi connectivity index (χ0v) is 18.0. The smallest absolute Gasteiger partial charge is 0.341 e. The summed E-state index contributed by atoms with van der Waals surface area (Å²) in [5.74, 6) is -0.811. The summed E-state index contributed by atoms with van der Waals surface area (Å²) in [5, 5.41) is 24.0. The zero-order chi connectivity index (χ0) is 22.4. The van der Waals surface area contributed by atoms with Crippen LogP contribution in [0.25, 0.3) is 16.7 Å². The van der Waals surface area contributed by atoms with Crippen LogP contribution >= 0.6 is 0 Å². The number of aliphatic hydroxyl groups is 1. The molecule has 0 saturated carbocycles. The molecule has 164 valence electrons. The van der Waals surface area contributed by atoms with Crippen LogP contribution in [-0.4, -0.2) is 59.0 Å². The molecule has 0 saturated heterocycles. The Morgan fingerprint density at radius 2 is 2.06 bits per heavy atom. The van der Waals surface area contributed by atoms with Crippen LogP contribution in [0.3, 0.4) is 0 Å². The molecule has 8 nitrogen and oxygen atoms in total. The van der Waals surface area contributed by atoms with Gasteiger partial charge in [-0.15, -0.1) is 0 Å². The molecule has 0 fully saturated rings. The molecule has 1 aromatic heterocycles. The SMILES string of the molecule is COCCCOc1cc2c(cc1-c1cnn(C)c1)/C(C)=C/C(O)=C(C(=O)O)C=NCC2. The average Bonchev–Trinajstić information content (AvgIpc) is 3.16. The van der Waals surface area contributed by atoms with Gasteiger partial charge in [-0.25, -0.2) is 4.79 Å². The minimum absolute atomic E-state index is 0.228. The predicted octanol–water partition coefficient (Wildman–Crippen LogP) is 3.43. The normalized spacial score (nSPS) is 15.9. The number of nitrogens with zero attached hydrogens (tertiary/aromatic N) is 3. The van der Waals surface area contributed by atoms with Crippen molar-refractivity contribution < 1.29 is 24.5 Å². The molecule has 1 aliphatic heterocycles. The first-order valence-electron chi connectivity index (χ1n) is 10.0. The number of rotatable bonds is 7. The molecule has 1 aromatic carbocycles. The average molecular weight is 425 g/mol. The number of carbonyl (C=O) groups is 1. The zero-order valence-electron chi connectivity index (χ0n) is 18.0. The fraction of sp³-hybridized carbons (Fsp3) is 0.348. The van der Waals surface area contributed by atoms with Gasteiger partial charge in [0, 0.05) is 57.3 Å². The van der Waals surface area contributed by atoms with Gasteiger partial charge in [0.15, 0.2) is 0 Å². The number of carboxylic acids is 1.